The van der Waals surface area contributed by atoms with Crippen LogP contribution in [0.3, 0.4) is 0 Å². The van der Waals surface area contributed by atoms with E-state index in [1.165, 1.54) is 13.5 Å². The van der Waals surface area contributed by atoms with Gasteiger partial charge in [0, 0.05) is 10.3 Å². The minimum atomic E-state index is -0.706. The normalized spacial score (nSPS) is 20.7. The molecule has 2 aliphatic rings. The maximum absolute atomic E-state index is 11.2. The fraction of sp³-hybridized carbons (Fsp3) is 0.895. The summed E-state index contributed by atoms with van der Waals surface area (Å²) in [6, 6.07) is 0. The van der Waals surface area contributed by atoms with E-state index in [1.54, 1.807) is 0 Å². The molecule has 27 heavy (non-hydrogen) atoms. The van der Waals surface area contributed by atoms with Crippen molar-refractivity contribution >= 4 is 11.9 Å². The van der Waals surface area contributed by atoms with Crippen LogP contribution in [-0.4, -0.2) is 42.2 Å². The van der Waals surface area contributed by atoms with Crippen LogP contribution in [0.15, 0.2) is 0 Å². The zero-order chi connectivity index (χ0) is 20.3. The molecule has 0 aliphatic heterocycles. The standard InChI is InChI=1S/C10H17NO4.C9H17NO2/c1-15-9(12)7-10(8-11(13)14)5-3-2-4-6-10;10-7-9(6-8(11)12)4-2-1-3-5-9/h2-8H2,1H3;1-7,10H2,(H,11,12). The summed E-state index contributed by atoms with van der Waals surface area (Å²) < 4.78 is 4.60. The Labute approximate surface area is 161 Å². The summed E-state index contributed by atoms with van der Waals surface area (Å²) in [5.41, 5.74) is 5.09. The molecule has 3 N–H and O–H groups in total. The van der Waals surface area contributed by atoms with Crippen LogP contribution in [0.5, 0.6) is 0 Å². The number of aliphatic carboxylic acids is 1. The van der Waals surface area contributed by atoms with Gasteiger partial charge >= 0.3 is 11.9 Å². The summed E-state index contributed by atoms with van der Waals surface area (Å²) in [6.07, 6.45) is 10.6. The molecule has 2 rings (SSSR count). The minimum Gasteiger partial charge on any atom is -0.481 e. The molecule has 0 atom stereocenters. The van der Waals surface area contributed by atoms with Crippen molar-refractivity contribution in [3.05, 3.63) is 10.1 Å². The van der Waals surface area contributed by atoms with Gasteiger partial charge in [0.15, 0.2) is 0 Å². The van der Waals surface area contributed by atoms with E-state index in [9.17, 15) is 19.7 Å². The van der Waals surface area contributed by atoms with Crippen molar-refractivity contribution in [1.29, 1.82) is 0 Å². The second-order valence-corrected chi connectivity index (χ2v) is 8.14. The second-order valence-electron chi connectivity index (χ2n) is 8.14. The van der Waals surface area contributed by atoms with Crippen LogP contribution in [0.1, 0.15) is 77.0 Å². The molecule has 0 aromatic heterocycles. The summed E-state index contributed by atoms with van der Waals surface area (Å²) in [4.78, 5) is 32.1. The quantitative estimate of drug-likeness (QED) is 0.390. The van der Waals surface area contributed by atoms with E-state index in [4.69, 9.17) is 10.8 Å². The van der Waals surface area contributed by atoms with Gasteiger partial charge in [-0.05, 0) is 37.6 Å². The van der Waals surface area contributed by atoms with Crippen LogP contribution in [0.25, 0.3) is 0 Å². The van der Waals surface area contributed by atoms with Gasteiger partial charge in [0.05, 0.1) is 20.0 Å². The number of nitrogens with zero attached hydrogens (tertiary/aromatic N) is 1. The number of esters is 1. The van der Waals surface area contributed by atoms with Gasteiger partial charge in [-0.15, -0.1) is 0 Å². The molecule has 2 aliphatic carbocycles. The first kappa shape index (κ1) is 23.3. The third-order valence-electron chi connectivity index (χ3n) is 6.00. The molecule has 0 aromatic rings. The Bertz CT molecular complexity index is 496. The zero-order valence-electron chi connectivity index (χ0n) is 16.4. The molecule has 0 bridgehead atoms. The van der Waals surface area contributed by atoms with Gasteiger partial charge < -0.3 is 15.6 Å². The number of rotatable bonds is 7. The number of ether oxygens (including phenoxy) is 1. The van der Waals surface area contributed by atoms with Gasteiger partial charge in [-0.25, -0.2) is 0 Å². The van der Waals surface area contributed by atoms with Gasteiger partial charge in [-0.2, -0.15) is 0 Å². The van der Waals surface area contributed by atoms with Gasteiger partial charge in [0.25, 0.3) is 0 Å². The number of nitro groups is 1. The molecular formula is C19H34N2O6. The Hall–Kier alpha value is -1.70. The number of carbonyl (C=O) groups is 2. The monoisotopic (exact) mass is 386 g/mol. The molecule has 0 heterocycles. The Morgan fingerprint density at radius 3 is 1.85 bits per heavy atom. The highest BCUT2D eigenvalue weighted by Gasteiger charge is 2.39. The summed E-state index contributed by atoms with van der Waals surface area (Å²) in [5, 5.41) is 19.3. The van der Waals surface area contributed by atoms with Crippen molar-refractivity contribution in [2.45, 2.75) is 77.0 Å². The van der Waals surface area contributed by atoms with Crippen LogP contribution in [-0.2, 0) is 14.3 Å². The summed E-state index contributed by atoms with van der Waals surface area (Å²) >= 11 is 0. The fourth-order valence-electron chi connectivity index (χ4n) is 4.42. The third-order valence-corrected chi connectivity index (χ3v) is 6.00. The highest BCUT2D eigenvalue weighted by atomic mass is 16.6. The van der Waals surface area contributed by atoms with Gasteiger partial charge in [-0.3, -0.25) is 19.7 Å². The van der Waals surface area contributed by atoms with Crippen LogP contribution in [0.2, 0.25) is 0 Å². The van der Waals surface area contributed by atoms with E-state index in [2.05, 4.69) is 4.74 Å². The lowest BCUT2D eigenvalue weighted by Gasteiger charge is -2.34. The first-order valence-electron chi connectivity index (χ1n) is 9.87. The van der Waals surface area contributed by atoms with E-state index in [-0.39, 0.29) is 35.7 Å². The van der Waals surface area contributed by atoms with Crippen molar-refractivity contribution in [3.8, 4) is 0 Å². The molecule has 2 fully saturated rings. The SMILES string of the molecule is COC(=O)CC1(C[N+](=O)[O-])CCCCC1.NCC1(CC(=O)O)CCCCC1. The van der Waals surface area contributed by atoms with Gasteiger partial charge in [-0.1, -0.05) is 38.5 Å². The summed E-state index contributed by atoms with van der Waals surface area (Å²) in [7, 11) is 1.32. The van der Waals surface area contributed by atoms with E-state index in [0.29, 0.717) is 6.54 Å². The predicted molar refractivity (Wildman–Crippen MR) is 101 cm³/mol. The number of hydrogen-bond acceptors (Lipinski definition) is 6. The topological polar surface area (TPSA) is 133 Å². The second kappa shape index (κ2) is 11.2. The maximum atomic E-state index is 11.2. The first-order chi connectivity index (χ1) is 12.8. The van der Waals surface area contributed by atoms with E-state index in [0.717, 1.165) is 57.8 Å². The largest absolute Gasteiger partial charge is 0.481 e. The average molecular weight is 386 g/mol. The van der Waals surface area contributed by atoms with Crippen molar-refractivity contribution < 1.29 is 24.4 Å². The Morgan fingerprint density at radius 1 is 1.00 bits per heavy atom. The van der Waals surface area contributed by atoms with E-state index >= 15 is 0 Å². The van der Waals surface area contributed by atoms with Crippen LogP contribution in [0.4, 0.5) is 0 Å². The number of nitrogens with two attached hydrogens (primary N) is 1. The van der Waals surface area contributed by atoms with Crippen LogP contribution in [0, 0.1) is 20.9 Å². The maximum Gasteiger partial charge on any atom is 0.306 e. The molecule has 0 radical (unpaired) electrons. The smallest absolute Gasteiger partial charge is 0.306 e. The van der Waals surface area contributed by atoms with Gasteiger partial charge in [0.2, 0.25) is 6.54 Å². The molecule has 8 nitrogen and oxygen atoms in total. The number of methoxy groups -OCH3 is 1. The number of carboxylic acids is 1. The molecule has 0 unspecified atom stereocenters. The van der Waals surface area contributed by atoms with Crippen molar-refractivity contribution in [2.24, 2.45) is 16.6 Å². The van der Waals surface area contributed by atoms with Crippen molar-refractivity contribution in [2.75, 3.05) is 20.2 Å². The highest BCUT2D eigenvalue weighted by Crippen LogP contribution is 2.40. The Balaban J connectivity index is 0.000000277. The van der Waals surface area contributed by atoms with Crippen LogP contribution < -0.4 is 5.73 Å². The predicted octanol–water partition coefficient (Wildman–Crippen LogP) is 3.15. The summed E-state index contributed by atoms with van der Waals surface area (Å²) in [6.45, 7) is 0.418. The highest BCUT2D eigenvalue weighted by molar-refractivity contribution is 5.70. The molecule has 0 saturated heterocycles. The van der Waals surface area contributed by atoms with E-state index < -0.39 is 11.4 Å². The lowest BCUT2D eigenvalue weighted by Crippen LogP contribution is -2.34. The number of hydrogen-bond donors (Lipinski definition) is 2. The molecule has 8 heteroatoms. The minimum absolute atomic E-state index is 0.0793. The van der Waals surface area contributed by atoms with Gasteiger partial charge in [0.1, 0.15) is 0 Å². The summed E-state index contributed by atoms with van der Waals surface area (Å²) in [5.74, 6) is -1.04. The number of carboxylic acid groups (broad SMARTS) is 1. The molecule has 0 amide bonds. The van der Waals surface area contributed by atoms with Crippen molar-refractivity contribution in [3.63, 3.8) is 0 Å². The van der Waals surface area contributed by atoms with Crippen molar-refractivity contribution in [1.82, 2.24) is 0 Å². The average Bonchev–Trinajstić information content (AvgIpc) is 2.62. The molecule has 156 valence electrons. The Kier molecular flexibility index (Phi) is 9.69. The van der Waals surface area contributed by atoms with E-state index in [1.807, 2.05) is 0 Å². The molecule has 0 spiro atoms. The first-order valence-corrected chi connectivity index (χ1v) is 9.87. The zero-order valence-corrected chi connectivity index (χ0v) is 16.4. The molecule has 0 aromatic carbocycles. The lowest BCUT2D eigenvalue weighted by molar-refractivity contribution is -0.498. The number of carbonyl (C=O) groups excluding carboxylic acids is 1. The third kappa shape index (κ3) is 8.24. The molecule has 2 saturated carbocycles. The lowest BCUT2D eigenvalue weighted by atomic mass is 9.72. The van der Waals surface area contributed by atoms with Crippen LogP contribution >= 0.6 is 0 Å². The molecular weight excluding hydrogens is 352 g/mol. The fourth-order valence-corrected chi connectivity index (χ4v) is 4.42. The Morgan fingerprint density at radius 2 is 1.48 bits per heavy atom.